The number of aromatic nitrogens is 1. The highest BCUT2D eigenvalue weighted by atomic mass is 32.1. The van der Waals surface area contributed by atoms with Gasteiger partial charge in [-0.05, 0) is 23.6 Å². The smallest absolute Gasteiger partial charge is 0.373 e. The lowest BCUT2D eigenvalue weighted by Gasteiger charge is -2.33. The van der Waals surface area contributed by atoms with Gasteiger partial charge in [-0.3, -0.25) is 9.59 Å². The molecule has 10 heteroatoms. The highest BCUT2D eigenvalue weighted by Gasteiger charge is 2.35. The number of halogens is 4. The summed E-state index contributed by atoms with van der Waals surface area (Å²) in [7, 11) is 1.46. The zero-order valence-electron chi connectivity index (χ0n) is 15.0. The number of hydrogen-bond donors (Lipinski definition) is 1. The summed E-state index contributed by atoms with van der Waals surface area (Å²) in [6.45, 7) is 0.305. The minimum absolute atomic E-state index is 0.134. The second kappa shape index (κ2) is 6.96. The topological polar surface area (TPSA) is 62.4 Å². The number of pyridine rings is 1. The van der Waals surface area contributed by atoms with Gasteiger partial charge in [-0.2, -0.15) is 24.5 Å². The van der Waals surface area contributed by atoms with E-state index in [9.17, 15) is 27.2 Å². The fourth-order valence-corrected chi connectivity index (χ4v) is 4.32. The molecule has 1 amide bonds. The fourth-order valence-electron chi connectivity index (χ4n) is 3.49. The molecular formula is C19H14F4N2O3S. The first kappa shape index (κ1) is 19.6. The normalized spacial score (nSPS) is 16.7. The Morgan fingerprint density at radius 1 is 1.28 bits per heavy atom. The number of H-pyrrole nitrogens is 1. The Morgan fingerprint density at radius 2 is 2.00 bits per heavy atom. The van der Waals surface area contributed by atoms with Crippen LogP contribution in [0.15, 0.2) is 33.8 Å². The third-order valence-electron chi connectivity index (χ3n) is 4.95. The molecule has 1 aromatic carbocycles. The Kier molecular flexibility index (Phi) is 4.70. The van der Waals surface area contributed by atoms with Crippen LogP contribution in [0.4, 0.5) is 17.6 Å². The number of hydrogen-bond acceptors (Lipinski definition) is 4. The number of fused-ring (bicyclic) bond motifs is 3. The molecule has 3 heterocycles. The molecule has 0 saturated carbocycles. The number of benzene rings is 1. The number of nitrogens with zero attached hydrogens (tertiary/aromatic N) is 1. The molecule has 1 unspecified atom stereocenters. The standard InChI is InChI=1S/C19H14F4N2O3S/c1-25(18(27)9-2-3-12(13(20)4-9)19(21,22)23)15-6-28-5-14-16(15)10-7-29-8-11(10)17(26)24-14/h2-4,7-8,15H,5-6H2,1H3,(H,24,26). The summed E-state index contributed by atoms with van der Waals surface area (Å²) in [5, 5.41) is 4.69. The van der Waals surface area contributed by atoms with Gasteiger partial charge in [0.15, 0.2) is 0 Å². The zero-order chi connectivity index (χ0) is 20.9. The van der Waals surface area contributed by atoms with Crippen LogP contribution in [-0.4, -0.2) is 29.4 Å². The maximum atomic E-state index is 13.9. The van der Waals surface area contributed by atoms with Crippen LogP contribution in [0.3, 0.4) is 0 Å². The van der Waals surface area contributed by atoms with Crippen molar-refractivity contribution < 1.29 is 27.1 Å². The summed E-state index contributed by atoms with van der Waals surface area (Å²) in [5.41, 5.74) is -0.648. The molecule has 2 aromatic heterocycles. The number of amides is 1. The van der Waals surface area contributed by atoms with Crippen LogP contribution < -0.4 is 5.56 Å². The van der Waals surface area contributed by atoms with Gasteiger partial charge < -0.3 is 14.6 Å². The first-order chi connectivity index (χ1) is 13.7. The van der Waals surface area contributed by atoms with Crippen LogP contribution in [0.1, 0.15) is 33.2 Å². The van der Waals surface area contributed by atoms with E-state index >= 15 is 0 Å². The van der Waals surface area contributed by atoms with Crippen molar-refractivity contribution in [3.8, 4) is 0 Å². The first-order valence-electron chi connectivity index (χ1n) is 8.51. The van der Waals surface area contributed by atoms with Crippen LogP contribution in [-0.2, 0) is 17.5 Å². The molecule has 5 nitrogen and oxygen atoms in total. The Labute approximate surface area is 165 Å². The molecule has 0 fully saturated rings. The molecule has 1 atom stereocenters. The predicted octanol–water partition coefficient (Wildman–Crippen LogP) is 4.09. The lowest BCUT2D eigenvalue weighted by Crippen LogP contribution is -2.37. The number of alkyl halides is 3. The molecule has 0 radical (unpaired) electrons. The molecule has 0 spiro atoms. The van der Waals surface area contributed by atoms with Crippen LogP contribution in [0.2, 0.25) is 0 Å². The summed E-state index contributed by atoms with van der Waals surface area (Å²) < 4.78 is 57.7. The van der Waals surface area contributed by atoms with Crippen molar-refractivity contribution >= 4 is 28.0 Å². The van der Waals surface area contributed by atoms with Crippen molar-refractivity contribution in [3.05, 3.63) is 67.5 Å². The van der Waals surface area contributed by atoms with Gasteiger partial charge in [0.2, 0.25) is 0 Å². The van der Waals surface area contributed by atoms with Crippen molar-refractivity contribution in [2.75, 3.05) is 13.7 Å². The van der Waals surface area contributed by atoms with Gasteiger partial charge in [-0.1, -0.05) is 0 Å². The quantitative estimate of drug-likeness (QED) is 0.628. The minimum Gasteiger partial charge on any atom is -0.373 e. The molecule has 1 aliphatic heterocycles. The second-order valence-corrected chi connectivity index (χ2v) is 7.43. The molecule has 0 saturated heterocycles. The number of aromatic amines is 1. The van der Waals surface area contributed by atoms with E-state index in [2.05, 4.69) is 4.98 Å². The largest absolute Gasteiger partial charge is 0.419 e. The van der Waals surface area contributed by atoms with Crippen molar-refractivity contribution in [1.29, 1.82) is 0 Å². The van der Waals surface area contributed by atoms with E-state index in [0.29, 0.717) is 28.6 Å². The Morgan fingerprint density at radius 3 is 2.69 bits per heavy atom. The molecule has 1 N–H and O–H groups in total. The Balaban J connectivity index is 1.72. The third kappa shape index (κ3) is 3.32. The molecule has 4 rings (SSSR count). The zero-order valence-corrected chi connectivity index (χ0v) is 15.8. The fraction of sp³-hybridized carbons (Fsp3) is 0.263. The molecule has 1 aliphatic rings. The Bertz CT molecular complexity index is 1170. The highest BCUT2D eigenvalue weighted by Crippen LogP contribution is 2.35. The summed E-state index contributed by atoms with van der Waals surface area (Å²) in [6, 6.07) is 1.49. The van der Waals surface area contributed by atoms with Crippen molar-refractivity contribution in [1.82, 2.24) is 9.88 Å². The molecular weight excluding hydrogens is 412 g/mol. The van der Waals surface area contributed by atoms with Gasteiger partial charge in [-0.25, -0.2) is 4.39 Å². The van der Waals surface area contributed by atoms with Crippen molar-refractivity contribution in [2.24, 2.45) is 0 Å². The lowest BCUT2D eigenvalue weighted by molar-refractivity contribution is -0.140. The summed E-state index contributed by atoms with van der Waals surface area (Å²) in [4.78, 5) is 29.1. The molecule has 3 aromatic rings. The second-order valence-electron chi connectivity index (χ2n) is 6.68. The van der Waals surface area contributed by atoms with Crippen LogP contribution in [0.25, 0.3) is 10.8 Å². The highest BCUT2D eigenvalue weighted by molar-refractivity contribution is 7.09. The van der Waals surface area contributed by atoms with E-state index in [-0.39, 0.29) is 24.3 Å². The minimum atomic E-state index is -4.84. The number of thiophene rings is 1. The monoisotopic (exact) mass is 426 g/mol. The van der Waals surface area contributed by atoms with E-state index in [1.807, 2.05) is 0 Å². The predicted molar refractivity (Wildman–Crippen MR) is 98.3 cm³/mol. The Hall–Kier alpha value is -2.72. The third-order valence-corrected chi connectivity index (χ3v) is 5.69. The van der Waals surface area contributed by atoms with E-state index < -0.39 is 29.5 Å². The molecule has 29 heavy (non-hydrogen) atoms. The summed E-state index contributed by atoms with van der Waals surface area (Å²) in [6.07, 6.45) is -4.84. The van der Waals surface area contributed by atoms with Crippen LogP contribution in [0, 0.1) is 5.82 Å². The van der Waals surface area contributed by atoms with Crippen LogP contribution >= 0.6 is 11.3 Å². The van der Waals surface area contributed by atoms with Gasteiger partial charge in [0.25, 0.3) is 11.5 Å². The number of carbonyl (C=O) groups excluding carboxylic acids is 1. The van der Waals surface area contributed by atoms with Crippen molar-refractivity contribution in [2.45, 2.75) is 18.8 Å². The van der Waals surface area contributed by atoms with Gasteiger partial charge in [0.05, 0.1) is 30.2 Å². The average Bonchev–Trinajstić information content (AvgIpc) is 3.16. The number of likely N-dealkylation sites (N-methyl/N-ethyl adjacent to an activating group) is 1. The maximum absolute atomic E-state index is 13.9. The van der Waals surface area contributed by atoms with Crippen LogP contribution in [0.5, 0.6) is 0 Å². The van der Waals surface area contributed by atoms with E-state index in [4.69, 9.17) is 4.74 Å². The first-order valence-corrected chi connectivity index (χ1v) is 9.45. The average molecular weight is 426 g/mol. The van der Waals surface area contributed by atoms with E-state index in [1.165, 1.54) is 23.3 Å². The van der Waals surface area contributed by atoms with Gasteiger partial charge >= 0.3 is 6.18 Å². The van der Waals surface area contributed by atoms with Crippen molar-refractivity contribution in [3.63, 3.8) is 0 Å². The van der Waals surface area contributed by atoms with Gasteiger partial charge in [0, 0.05) is 34.6 Å². The number of ether oxygens (including phenoxy) is 1. The SMILES string of the molecule is CN(C(=O)c1ccc(C(F)(F)F)c(F)c1)C1COCc2[nH]c(=O)c3cscc3c21. The summed E-state index contributed by atoms with van der Waals surface area (Å²) >= 11 is 1.34. The van der Waals surface area contributed by atoms with Gasteiger partial charge in [-0.15, -0.1) is 0 Å². The number of rotatable bonds is 2. The van der Waals surface area contributed by atoms with Gasteiger partial charge in [0.1, 0.15) is 5.82 Å². The van der Waals surface area contributed by atoms with E-state index in [1.54, 1.807) is 10.8 Å². The molecule has 152 valence electrons. The number of nitrogens with one attached hydrogen (secondary N) is 1. The van der Waals surface area contributed by atoms with E-state index in [0.717, 1.165) is 11.6 Å². The summed E-state index contributed by atoms with van der Waals surface area (Å²) in [5.74, 6) is -2.17. The lowest BCUT2D eigenvalue weighted by atomic mass is 9.97. The molecule has 0 aliphatic carbocycles. The molecule has 0 bridgehead atoms. The number of carbonyl (C=O) groups is 1. The maximum Gasteiger partial charge on any atom is 0.419 e.